The normalized spacial score (nSPS) is 17.2. The maximum Gasteiger partial charge on any atom is 0.279 e. The summed E-state index contributed by atoms with van der Waals surface area (Å²) in [6.45, 7) is 1.68. The van der Waals surface area contributed by atoms with Gasteiger partial charge in [0.2, 0.25) is 0 Å². The van der Waals surface area contributed by atoms with Crippen LogP contribution in [-0.2, 0) is 23.2 Å². The van der Waals surface area contributed by atoms with Gasteiger partial charge in [0.05, 0.1) is 6.61 Å². The van der Waals surface area contributed by atoms with Gasteiger partial charge in [0.1, 0.15) is 0 Å². The van der Waals surface area contributed by atoms with Crippen LogP contribution in [-0.4, -0.2) is 37.5 Å². The van der Waals surface area contributed by atoms with Crippen LogP contribution in [0, 0.1) is 0 Å². The molecular weight excluding hydrogens is 276 g/mol. The van der Waals surface area contributed by atoms with Crippen LogP contribution in [0.15, 0.2) is 24.3 Å². The predicted octanol–water partition coefficient (Wildman–Crippen LogP) is 1.04. The van der Waals surface area contributed by atoms with E-state index in [4.69, 9.17) is 5.11 Å². The summed E-state index contributed by atoms with van der Waals surface area (Å²) < 4.78 is 28.3. The van der Waals surface area contributed by atoms with Crippen LogP contribution in [0.25, 0.3) is 0 Å². The van der Waals surface area contributed by atoms with Crippen molar-refractivity contribution in [3.63, 3.8) is 0 Å². The Morgan fingerprint density at radius 2 is 1.65 bits per heavy atom. The zero-order valence-electron chi connectivity index (χ0n) is 11.6. The van der Waals surface area contributed by atoms with Crippen molar-refractivity contribution in [3.05, 3.63) is 35.4 Å². The molecule has 1 aromatic carbocycles. The van der Waals surface area contributed by atoms with Crippen molar-refractivity contribution in [2.24, 2.45) is 0 Å². The zero-order valence-corrected chi connectivity index (χ0v) is 12.4. The first-order chi connectivity index (χ1) is 9.62. The van der Waals surface area contributed by atoms with E-state index in [1.54, 1.807) is 0 Å². The number of aliphatic hydroxyl groups excluding tert-OH is 1. The summed E-state index contributed by atoms with van der Waals surface area (Å²) in [5, 5.41) is 8.96. The number of benzene rings is 1. The number of piperidine rings is 1. The minimum absolute atomic E-state index is 0.0296. The third-order valence-electron chi connectivity index (χ3n) is 3.56. The second-order valence-corrected chi connectivity index (χ2v) is 6.84. The van der Waals surface area contributed by atoms with Crippen molar-refractivity contribution in [1.82, 2.24) is 9.03 Å². The van der Waals surface area contributed by atoms with E-state index in [1.165, 1.54) is 4.31 Å². The number of nitrogens with zero attached hydrogens (tertiary/aromatic N) is 1. The molecule has 0 amide bonds. The Bertz CT molecular complexity index is 508. The molecule has 2 N–H and O–H groups in total. The van der Waals surface area contributed by atoms with Gasteiger partial charge >= 0.3 is 0 Å². The van der Waals surface area contributed by atoms with Gasteiger partial charge in [-0.15, -0.1) is 0 Å². The first kappa shape index (κ1) is 15.4. The van der Waals surface area contributed by atoms with E-state index in [9.17, 15) is 8.42 Å². The molecule has 0 aliphatic carbocycles. The van der Waals surface area contributed by atoms with Gasteiger partial charge < -0.3 is 5.11 Å². The van der Waals surface area contributed by atoms with E-state index in [0.717, 1.165) is 30.4 Å². The number of hydrogen-bond donors (Lipinski definition) is 2. The highest BCUT2D eigenvalue weighted by atomic mass is 32.2. The summed E-state index contributed by atoms with van der Waals surface area (Å²) in [5.41, 5.74) is 1.92. The second kappa shape index (κ2) is 7.17. The molecule has 6 heteroatoms. The Hall–Kier alpha value is -0.950. The van der Waals surface area contributed by atoms with E-state index in [0.29, 0.717) is 26.1 Å². The lowest BCUT2D eigenvalue weighted by Gasteiger charge is -2.25. The third-order valence-corrected chi connectivity index (χ3v) is 5.17. The minimum atomic E-state index is -3.32. The Morgan fingerprint density at radius 3 is 2.25 bits per heavy atom. The molecule has 0 bridgehead atoms. The molecule has 0 aromatic heterocycles. The van der Waals surface area contributed by atoms with Gasteiger partial charge in [0.15, 0.2) is 0 Å². The summed E-state index contributed by atoms with van der Waals surface area (Å²) in [6, 6.07) is 7.55. The molecule has 2 rings (SSSR count). The lowest BCUT2D eigenvalue weighted by Crippen LogP contribution is -2.43. The number of aliphatic hydroxyl groups is 1. The first-order valence-corrected chi connectivity index (χ1v) is 8.49. The van der Waals surface area contributed by atoms with Gasteiger partial charge in [-0.2, -0.15) is 12.7 Å². The smallest absolute Gasteiger partial charge is 0.279 e. The molecule has 112 valence electrons. The van der Waals surface area contributed by atoms with Gasteiger partial charge in [0, 0.05) is 19.6 Å². The van der Waals surface area contributed by atoms with E-state index in [1.807, 2.05) is 24.3 Å². The average Bonchev–Trinajstić information content (AvgIpc) is 2.49. The van der Waals surface area contributed by atoms with Crippen LogP contribution in [0.3, 0.4) is 0 Å². The summed E-state index contributed by atoms with van der Waals surface area (Å²) in [7, 11) is -3.32. The lowest BCUT2D eigenvalue weighted by atomic mass is 10.1. The van der Waals surface area contributed by atoms with Crippen LogP contribution in [0.5, 0.6) is 0 Å². The molecule has 0 radical (unpaired) electrons. The fourth-order valence-corrected chi connectivity index (χ4v) is 3.61. The summed E-state index contributed by atoms with van der Waals surface area (Å²) >= 11 is 0. The highest BCUT2D eigenvalue weighted by Crippen LogP contribution is 2.12. The number of nitrogens with one attached hydrogen (secondary N) is 1. The summed E-state index contributed by atoms with van der Waals surface area (Å²) in [4.78, 5) is 0. The van der Waals surface area contributed by atoms with Gasteiger partial charge in [0.25, 0.3) is 10.2 Å². The third kappa shape index (κ3) is 4.28. The van der Waals surface area contributed by atoms with Crippen molar-refractivity contribution in [2.45, 2.75) is 32.3 Å². The molecule has 5 nitrogen and oxygen atoms in total. The molecule has 1 fully saturated rings. The Balaban J connectivity index is 1.81. The quantitative estimate of drug-likeness (QED) is 0.824. The van der Waals surface area contributed by atoms with Crippen LogP contribution >= 0.6 is 0 Å². The largest absolute Gasteiger partial charge is 0.392 e. The monoisotopic (exact) mass is 298 g/mol. The van der Waals surface area contributed by atoms with Crippen LogP contribution < -0.4 is 4.72 Å². The molecule has 1 aromatic rings. The topological polar surface area (TPSA) is 69.6 Å². The Labute approximate surface area is 120 Å². The van der Waals surface area contributed by atoms with Gasteiger partial charge in [-0.3, -0.25) is 0 Å². The minimum Gasteiger partial charge on any atom is -0.392 e. The molecule has 1 saturated heterocycles. The molecule has 0 saturated carbocycles. The Kier molecular flexibility index (Phi) is 5.54. The second-order valence-electron chi connectivity index (χ2n) is 5.08. The molecule has 20 heavy (non-hydrogen) atoms. The standard InChI is InChI=1S/C14H22N2O3S/c17-12-14-6-4-13(5-7-14)8-9-15-20(18,19)16-10-2-1-3-11-16/h4-7,15,17H,1-3,8-12H2. The SMILES string of the molecule is O=S(=O)(NCCc1ccc(CO)cc1)N1CCCCC1. The van der Waals surface area contributed by atoms with Crippen molar-refractivity contribution in [2.75, 3.05) is 19.6 Å². The van der Waals surface area contributed by atoms with Crippen molar-refractivity contribution in [1.29, 1.82) is 0 Å². The summed E-state index contributed by atoms with van der Waals surface area (Å²) in [6.07, 6.45) is 3.66. The van der Waals surface area contributed by atoms with Crippen LogP contribution in [0.4, 0.5) is 0 Å². The maximum absolute atomic E-state index is 12.1. The van der Waals surface area contributed by atoms with Gasteiger partial charge in [-0.25, -0.2) is 4.72 Å². The van der Waals surface area contributed by atoms with Gasteiger partial charge in [-0.1, -0.05) is 30.7 Å². The maximum atomic E-state index is 12.1. The highest BCUT2D eigenvalue weighted by Gasteiger charge is 2.22. The highest BCUT2D eigenvalue weighted by molar-refractivity contribution is 7.87. The van der Waals surface area contributed by atoms with Crippen molar-refractivity contribution in [3.8, 4) is 0 Å². The molecule has 0 spiro atoms. The molecular formula is C14H22N2O3S. The van der Waals surface area contributed by atoms with E-state index in [2.05, 4.69) is 4.72 Å². The molecule has 1 heterocycles. The lowest BCUT2D eigenvalue weighted by molar-refractivity contribution is 0.282. The van der Waals surface area contributed by atoms with Crippen molar-refractivity contribution >= 4 is 10.2 Å². The molecule has 0 unspecified atom stereocenters. The molecule has 1 aliphatic rings. The van der Waals surface area contributed by atoms with Gasteiger partial charge in [-0.05, 0) is 30.4 Å². The van der Waals surface area contributed by atoms with Crippen molar-refractivity contribution < 1.29 is 13.5 Å². The molecule has 0 atom stereocenters. The van der Waals surface area contributed by atoms with Crippen LogP contribution in [0.2, 0.25) is 0 Å². The van der Waals surface area contributed by atoms with E-state index >= 15 is 0 Å². The predicted molar refractivity (Wildman–Crippen MR) is 78.4 cm³/mol. The van der Waals surface area contributed by atoms with E-state index < -0.39 is 10.2 Å². The molecule has 1 aliphatic heterocycles. The van der Waals surface area contributed by atoms with Crippen LogP contribution in [0.1, 0.15) is 30.4 Å². The first-order valence-electron chi connectivity index (χ1n) is 7.05. The number of rotatable bonds is 6. The zero-order chi connectivity index (χ0) is 14.4. The fourth-order valence-electron chi connectivity index (χ4n) is 2.33. The number of hydrogen-bond acceptors (Lipinski definition) is 3. The average molecular weight is 298 g/mol. The van der Waals surface area contributed by atoms with E-state index in [-0.39, 0.29) is 6.61 Å². The Morgan fingerprint density at radius 1 is 1.05 bits per heavy atom. The fraction of sp³-hybridized carbons (Fsp3) is 0.571. The summed E-state index contributed by atoms with van der Waals surface area (Å²) in [5.74, 6) is 0.